The van der Waals surface area contributed by atoms with E-state index in [1.807, 2.05) is 0 Å². The van der Waals surface area contributed by atoms with Crippen LogP contribution in [0.5, 0.6) is 0 Å². The summed E-state index contributed by atoms with van der Waals surface area (Å²) in [6.07, 6.45) is 0.476. The van der Waals surface area contributed by atoms with E-state index in [2.05, 4.69) is 0 Å². The fraction of sp³-hybridized carbons (Fsp3) is 0.375. The predicted molar refractivity (Wildman–Crippen MR) is 59.0 cm³/mol. The number of hydrogen-bond acceptors (Lipinski definition) is 5. The number of thioether (sulfide) groups is 1. The third-order valence-corrected chi connectivity index (χ3v) is 3.71. The highest BCUT2D eigenvalue weighted by Gasteiger charge is 2.51. The molecule has 1 saturated heterocycles. The fourth-order valence-electron chi connectivity index (χ4n) is 1.63. The van der Waals surface area contributed by atoms with Crippen molar-refractivity contribution < 1.29 is 19.5 Å². The van der Waals surface area contributed by atoms with Crippen LogP contribution in [0.25, 0.3) is 0 Å². The molecule has 1 unspecified atom stereocenters. The topological polar surface area (TPSA) is 101 Å². The van der Waals surface area contributed by atoms with Crippen molar-refractivity contribution in [2.45, 2.75) is 11.4 Å². The molecule has 0 aliphatic carbocycles. The molecule has 0 saturated carbocycles. The van der Waals surface area contributed by atoms with Crippen molar-refractivity contribution >= 4 is 42.3 Å². The number of nitrogens with two attached hydrogens (primary N) is 1. The summed E-state index contributed by atoms with van der Waals surface area (Å²) in [6.45, 7) is 0. The second-order valence-corrected chi connectivity index (χ2v) is 4.34. The Morgan fingerprint density at radius 1 is 1.62 bits per heavy atom. The van der Waals surface area contributed by atoms with Crippen molar-refractivity contribution in [3.63, 3.8) is 0 Å². The Morgan fingerprint density at radius 3 is 2.75 bits per heavy atom. The Kier molecular flexibility index (Phi) is 3.61. The number of carbonyl (C=O) groups excluding carboxylic acids is 2. The van der Waals surface area contributed by atoms with Crippen LogP contribution < -0.4 is 5.73 Å². The molecule has 0 aromatic rings. The summed E-state index contributed by atoms with van der Waals surface area (Å²) in [6, 6.07) is -0.655. The van der Waals surface area contributed by atoms with Gasteiger partial charge in [-0.3, -0.25) is 14.5 Å². The van der Waals surface area contributed by atoms with Crippen molar-refractivity contribution in [2.75, 3.05) is 5.75 Å². The minimum atomic E-state index is -1.26. The molecule has 1 amide bonds. The van der Waals surface area contributed by atoms with Gasteiger partial charge in [0, 0.05) is 11.3 Å². The molecule has 8 heteroatoms. The first-order valence-corrected chi connectivity index (χ1v) is 5.24. The van der Waals surface area contributed by atoms with E-state index >= 15 is 0 Å². The number of carboxylic acids is 1. The maximum atomic E-state index is 11.3. The molecule has 2 aliphatic heterocycles. The van der Waals surface area contributed by atoms with E-state index in [-0.39, 0.29) is 34.8 Å². The average molecular weight is 265 g/mol. The van der Waals surface area contributed by atoms with Crippen LogP contribution in [0.15, 0.2) is 11.3 Å². The molecule has 2 heterocycles. The van der Waals surface area contributed by atoms with E-state index in [0.29, 0.717) is 6.29 Å². The van der Waals surface area contributed by atoms with Crippen LogP contribution in [0.1, 0.15) is 0 Å². The molecule has 2 rings (SSSR count). The second-order valence-electron chi connectivity index (χ2n) is 3.23. The van der Waals surface area contributed by atoms with Crippen LogP contribution in [0.2, 0.25) is 0 Å². The molecular weight excluding hydrogens is 256 g/mol. The summed E-state index contributed by atoms with van der Waals surface area (Å²) >= 11 is 1.31. The largest absolute Gasteiger partial charge is 0.477 e. The van der Waals surface area contributed by atoms with Crippen LogP contribution in [-0.4, -0.2) is 45.3 Å². The van der Waals surface area contributed by atoms with Crippen molar-refractivity contribution in [1.82, 2.24) is 4.90 Å². The number of aldehydes is 1. The van der Waals surface area contributed by atoms with Crippen molar-refractivity contribution in [2.24, 2.45) is 5.73 Å². The van der Waals surface area contributed by atoms with Crippen molar-refractivity contribution in [3.05, 3.63) is 11.3 Å². The minimum Gasteiger partial charge on any atom is -0.477 e. The molecule has 2 aliphatic rings. The van der Waals surface area contributed by atoms with Gasteiger partial charge >= 0.3 is 5.97 Å². The number of carbonyl (C=O) groups is 3. The normalized spacial score (nSPS) is 27.8. The van der Waals surface area contributed by atoms with Crippen LogP contribution in [0.3, 0.4) is 0 Å². The highest BCUT2D eigenvalue weighted by Crippen LogP contribution is 2.38. The molecule has 2 atom stereocenters. The van der Waals surface area contributed by atoms with E-state index in [1.165, 1.54) is 11.8 Å². The highest BCUT2D eigenvalue weighted by atomic mass is 35.5. The molecule has 16 heavy (non-hydrogen) atoms. The third-order valence-electron chi connectivity index (χ3n) is 2.38. The van der Waals surface area contributed by atoms with Gasteiger partial charge in [-0.05, 0) is 0 Å². The highest BCUT2D eigenvalue weighted by molar-refractivity contribution is 8.00. The third kappa shape index (κ3) is 1.60. The Balaban J connectivity index is 0.00000128. The van der Waals surface area contributed by atoms with E-state index in [0.717, 1.165) is 4.90 Å². The van der Waals surface area contributed by atoms with Gasteiger partial charge in [-0.25, -0.2) is 4.79 Å². The average Bonchev–Trinajstić information content (AvgIpc) is 2.25. The first-order valence-electron chi connectivity index (χ1n) is 4.19. The Bertz CT molecular complexity index is 397. The number of β-lactam (4-membered cyclic amide) rings is 1. The number of carboxylic acid groups (broad SMARTS) is 1. The van der Waals surface area contributed by atoms with Gasteiger partial charge in [0.1, 0.15) is 23.4 Å². The Hall–Kier alpha value is -1.05. The van der Waals surface area contributed by atoms with Crippen LogP contribution >= 0.6 is 24.2 Å². The smallest absolute Gasteiger partial charge is 0.353 e. The lowest BCUT2D eigenvalue weighted by molar-refractivity contribution is -0.148. The number of fused-ring (bicyclic) bond motifs is 1. The molecule has 0 radical (unpaired) electrons. The van der Waals surface area contributed by atoms with Gasteiger partial charge in [0.2, 0.25) is 5.91 Å². The first kappa shape index (κ1) is 13.0. The zero-order valence-corrected chi connectivity index (χ0v) is 9.59. The monoisotopic (exact) mass is 264 g/mol. The maximum Gasteiger partial charge on any atom is 0.353 e. The van der Waals surface area contributed by atoms with E-state index < -0.39 is 17.9 Å². The summed E-state index contributed by atoms with van der Waals surface area (Å²) in [4.78, 5) is 34.0. The van der Waals surface area contributed by atoms with Gasteiger partial charge in [-0.15, -0.1) is 24.2 Å². The molecular formula is C8H9ClN2O4S. The number of rotatable bonds is 2. The molecule has 1 fully saturated rings. The molecule has 3 N–H and O–H groups in total. The zero-order chi connectivity index (χ0) is 11.2. The number of nitrogens with zero attached hydrogens (tertiary/aromatic N) is 1. The summed E-state index contributed by atoms with van der Waals surface area (Å²) in [5.41, 5.74) is 5.42. The zero-order valence-electron chi connectivity index (χ0n) is 7.95. The van der Waals surface area contributed by atoms with Gasteiger partial charge in [-0.2, -0.15) is 0 Å². The lowest BCUT2D eigenvalue weighted by Crippen LogP contribution is -2.68. The van der Waals surface area contributed by atoms with Gasteiger partial charge in [0.05, 0.1) is 0 Å². The van der Waals surface area contributed by atoms with Gasteiger partial charge < -0.3 is 10.8 Å². The number of amides is 1. The van der Waals surface area contributed by atoms with E-state index in [1.54, 1.807) is 0 Å². The quantitative estimate of drug-likeness (QED) is 0.500. The summed E-state index contributed by atoms with van der Waals surface area (Å²) < 4.78 is 0. The van der Waals surface area contributed by atoms with E-state index in [9.17, 15) is 14.4 Å². The number of hydrogen-bond donors (Lipinski definition) is 2. The van der Waals surface area contributed by atoms with Gasteiger partial charge in [0.25, 0.3) is 0 Å². The van der Waals surface area contributed by atoms with Crippen LogP contribution in [0, 0.1) is 0 Å². The molecule has 88 valence electrons. The van der Waals surface area contributed by atoms with E-state index in [4.69, 9.17) is 10.8 Å². The molecule has 0 aromatic heterocycles. The Morgan fingerprint density at radius 2 is 2.25 bits per heavy atom. The molecule has 0 spiro atoms. The molecule has 0 bridgehead atoms. The lowest BCUT2D eigenvalue weighted by atomic mass is 10.0. The maximum absolute atomic E-state index is 11.3. The number of halogens is 1. The lowest BCUT2D eigenvalue weighted by Gasteiger charge is -2.47. The van der Waals surface area contributed by atoms with Crippen molar-refractivity contribution in [3.8, 4) is 0 Å². The van der Waals surface area contributed by atoms with Gasteiger partial charge in [-0.1, -0.05) is 0 Å². The SMILES string of the molecule is Cl.NC1C(=O)N2C(C(=O)O)=C(C=O)CS[C@H]12. The van der Waals surface area contributed by atoms with Crippen molar-refractivity contribution in [1.29, 1.82) is 0 Å². The summed E-state index contributed by atoms with van der Waals surface area (Å²) in [5.74, 6) is -1.42. The molecule has 0 aromatic carbocycles. The van der Waals surface area contributed by atoms with Crippen LogP contribution in [0.4, 0.5) is 0 Å². The summed E-state index contributed by atoms with van der Waals surface area (Å²) in [5, 5.41) is 8.56. The minimum absolute atomic E-state index is 0. The van der Waals surface area contributed by atoms with Gasteiger partial charge in [0.15, 0.2) is 0 Å². The molecule has 6 nitrogen and oxygen atoms in total. The predicted octanol–water partition coefficient (Wildman–Crippen LogP) is -0.812. The second kappa shape index (κ2) is 4.44. The number of aliphatic carboxylic acids is 1. The summed E-state index contributed by atoms with van der Waals surface area (Å²) in [7, 11) is 0. The fourth-order valence-corrected chi connectivity index (χ4v) is 2.87. The Labute approximate surface area is 101 Å². The standard InChI is InChI=1S/C8H8N2O4S.ClH/c9-4-6(12)10-5(8(13)14)3(1-11)2-15-7(4)10;/h1,4,7H,2,9H2,(H,13,14);1H/t4?,7-;/m1./s1. The first-order chi connectivity index (χ1) is 7.07. The van der Waals surface area contributed by atoms with Crippen LogP contribution in [-0.2, 0) is 14.4 Å².